The van der Waals surface area contributed by atoms with Gasteiger partial charge in [0.05, 0.1) is 6.54 Å². The first-order valence-corrected chi connectivity index (χ1v) is 6.64. The summed E-state index contributed by atoms with van der Waals surface area (Å²) in [5.41, 5.74) is 0.946. The summed E-state index contributed by atoms with van der Waals surface area (Å²) >= 11 is 0. The van der Waals surface area contributed by atoms with Gasteiger partial charge in [0.2, 0.25) is 5.91 Å². The van der Waals surface area contributed by atoms with Gasteiger partial charge >= 0.3 is 0 Å². The fourth-order valence-corrected chi connectivity index (χ4v) is 2.99. The van der Waals surface area contributed by atoms with Crippen LogP contribution in [0.3, 0.4) is 0 Å². The molecule has 2 saturated heterocycles. The van der Waals surface area contributed by atoms with Crippen LogP contribution in [0.15, 0.2) is 24.3 Å². The fraction of sp³-hybridized carbons (Fsp3) is 0.500. The van der Waals surface area contributed by atoms with Crippen molar-refractivity contribution in [3.05, 3.63) is 35.6 Å². The smallest absolute Gasteiger partial charge is 0.238 e. The monoisotopic (exact) mass is 263 g/mol. The quantitative estimate of drug-likeness (QED) is 0.863. The minimum Gasteiger partial charge on any atom is -0.317 e. The number of hydrogen-bond donors (Lipinski definition) is 1. The molecule has 5 heteroatoms. The maximum absolute atomic E-state index is 13.0. The molecule has 3 rings (SSSR count). The molecule has 19 heavy (non-hydrogen) atoms. The maximum Gasteiger partial charge on any atom is 0.238 e. The van der Waals surface area contributed by atoms with Crippen LogP contribution in [0.25, 0.3) is 0 Å². The van der Waals surface area contributed by atoms with E-state index < -0.39 is 0 Å². The molecule has 2 fully saturated rings. The van der Waals surface area contributed by atoms with Crippen LogP contribution in [0, 0.1) is 5.82 Å². The molecule has 2 aliphatic rings. The van der Waals surface area contributed by atoms with Gasteiger partial charge in [-0.15, -0.1) is 0 Å². The van der Waals surface area contributed by atoms with Gasteiger partial charge in [-0.2, -0.15) is 0 Å². The van der Waals surface area contributed by atoms with E-state index in [-0.39, 0.29) is 23.9 Å². The minimum atomic E-state index is -0.250. The zero-order chi connectivity index (χ0) is 13.4. The predicted molar refractivity (Wildman–Crippen MR) is 69.9 cm³/mol. The highest BCUT2D eigenvalue weighted by Crippen LogP contribution is 2.28. The van der Waals surface area contributed by atoms with Crippen LogP contribution >= 0.6 is 0 Å². The molecule has 0 saturated carbocycles. The molecule has 102 valence electrons. The van der Waals surface area contributed by atoms with Crippen LogP contribution in [0.2, 0.25) is 0 Å². The topological polar surface area (TPSA) is 35.6 Å². The molecule has 0 aromatic heterocycles. The average molecular weight is 263 g/mol. The number of likely N-dealkylation sites (tertiary alicyclic amines) is 1. The highest BCUT2D eigenvalue weighted by molar-refractivity contribution is 5.81. The molecule has 0 aliphatic carbocycles. The van der Waals surface area contributed by atoms with E-state index in [2.05, 4.69) is 17.3 Å². The first-order chi connectivity index (χ1) is 9.15. The van der Waals surface area contributed by atoms with Crippen LogP contribution in [-0.4, -0.2) is 48.4 Å². The number of rotatable bonds is 2. The maximum atomic E-state index is 13.0. The lowest BCUT2D eigenvalue weighted by molar-refractivity contribution is -0.130. The van der Waals surface area contributed by atoms with Gasteiger partial charge in [-0.05, 0) is 37.7 Å². The first kappa shape index (κ1) is 12.6. The molecule has 0 radical (unpaired) electrons. The second-order valence-electron chi connectivity index (χ2n) is 5.34. The Hall–Kier alpha value is -1.46. The van der Waals surface area contributed by atoms with Crippen LogP contribution in [0.5, 0.6) is 0 Å². The Labute approximate surface area is 112 Å². The first-order valence-electron chi connectivity index (χ1n) is 6.64. The Bertz CT molecular complexity index is 476. The van der Waals surface area contributed by atoms with E-state index in [1.807, 2.05) is 4.90 Å². The summed E-state index contributed by atoms with van der Waals surface area (Å²) in [6, 6.07) is 6.63. The summed E-state index contributed by atoms with van der Waals surface area (Å²) in [4.78, 5) is 16.3. The minimum absolute atomic E-state index is 0.121. The van der Waals surface area contributed by atoms with E-state index in [0.29, 0.717) is 6.54 Å². The van der Waals surface area contributed by atoms with Gasteiger partial charge in [0.25, 0.3) is 0 Å². The van der Waals surface area contributed by atoms with Crippen molar-refractivity contribution in [2.75, 3.05) is 26.7 Å². The number of nitrogens with zero attached hydrogens (tertiary/aromatic N) is 2. The highest BCUT2D eigenvalue weighted by Gasteiger charge is 2.38. The zero-order valence-corrected chi connectivity index (χ0v) is 11.0. The predicted octanol–water partition coefficient (Wildman–Crippen LogP) is 0.960. The number of halogens is 1. The van der Waals surface area contributed by atoms with Crippen molar-refractivity contribution in [1.29, 1.82) is 0 Å². The third-order valence-corrected chi connectivity index (χ3v) is 3.96. The molecular weight excluding hydrogens is 245 g/mol. The van der Waals surface area contributed by atoms with E-state index in [1.54, 1.807) is 12.1 Å². The summed E-state index contributed by atoms with van der Waals surface area (Å²) in [5.74, 6) is -0.116. The van der Waals surface area contributed by atoms with Gasteiger partial charge < -0.3 is 9.80 Å². The molecular formula is C14H18FN3O. The summed E-state index contributed by atoms with van der Waals surface area (Å²) in [5, 5.41) is 3.22. The summed E-state index contributed by atoms with van der Waals surface area (Å²) < 4.78 is 13.0. The highest BCUT2D eigenvalue weighted by atomic mass is 19.1. The van der Waals surface area contributed by atoms with Crippen LogP contribution < -0.4 is 5.32 Å². The molecule has 2 unspecified atom stereocenters. The van der Waals surface area contributed by atoms with E-state index >= 15 is 0 Å². The lowest BCUT2D eigenvalue weighted by Gasteiger charge is -2.30. The second kappa shape index (κ2) is 4.90. The number of amides is 1. The lowest BCUT2D eigenvalue weighted by atomic mass is 10.1. The number of hydrogen-bond acceptors (Lipinski definition) is 3. The molecule has 1 amide bonds. The number of carbonyl (C=O) groups is 1. The normalized spacial score (nSPS) is 28.3. The number of nitrogens with one attached hydrogen (secondary N) is 1. The Morgan fingerprint density at radius 3 is 2.68 bits per heavy atom. The number of carbonyl (C=O) groups excluding carboxylic acids is 1. The molecule has 1 aromatic rings. The molecule has 1 N–H and O–H groups in total. The summed E-state index contributed by atoms with van der Waals surface area (Å²) in [6.07, 6.45) is 0.881. The van der Waals surface area contributed by atoms with E-state index in [1.165, 1.54) is 12.1 Å². The second-order valence-corrected chi connectivity index (χ2v) is 5.34. The van der Waals surface area contributed by atoms with Gasteiger partial charge in [-0.25, -0.2) is 4.39 Å². The Kier molecular flexibility index (Phi) is 3.24. The van der Waals surface area contributed by atoms with Crippen molar-refractivity contribution in [3.8, 4) is 0 Å². The average Bonchev–Trinajstić information content (AvgIpc) is 2.96. The van der Waals surface area contributed by atoms with Crippen molar-refractivity contribution in [1.82, 2.24) is 15.1 Å². The Morgan fingerprint density at radius 1 is 1.32 bits per heavy atom. The van der Waals surface area contributed by atoms with E-state index in [0.717, 1.165) is 25.1 Å². The van der Waals surface area contributed by atoms with Gasteiger partial charge in [-0.1, -0.05) is 12.1 Å². The van der Waals surface area contributed by atoms with Crippen molar-refractivity contribution >= 4 is 5.91 Å². The molecule has 0 bridgehead atoms. The Morgan fingerprint density at radius 2 is 2.05 bits per heavy atom. The van der Waals surface area contributed by atoms with Crippen molar-refractivity contribution < 1.29 is 9.18 Å². The number of likely N-dealkylation sites (N-methyl/N-ethyl adjacent to an activating group) is 1. The molecule has 4 nitrogen and oxygen atoms in total. The summed E-state index contributed by atoms with van der Waals surface area (Å²) in [6.45, 7) is 2.29. The molecule has 0 spiro atoms. The standard InChI is InChI=1S/C14H18FN3O/c1-17-7-6-12(9-17)18-13(19)8-16-14(18)10-2-4-11(15)5-3-10/h2-5,12,14,16H,6-9H2,1H3. The SMILES string of the molecule is CN1CCC(N2C(=O)CNC2c2ccc(F)cc2)C1. The van der Waals surface area contributed by atoms with E-state index in [9.17, 15) is 9.18 Å². The van der Waals surface area contributed by atoms with Crippen LogP contribution in [0.4, 0.5) is 4.39 Å². The fourth-order valence-electron chi connectivity index (χ4n) is 2.99. The third kappa shape index (κ3) is 2.35. The van der Waals surface area contributed by atoms with E-state index in [4.69, 9.17) is 0 Å². The summed E-state index contributed by atoms with van der Waals surface area (Å²) in [7, 11) is 2.07. The van der Waals surface area contributed by atoms with Crippen molar-refractivity contribution in [3.63, 3.8) is 0 Å². The van der Waals surface area contributed by atoms with Gasteiger partial charge in [0.1, 0.15) is 12.0 Å². The lowest BCUT2D eigenvalue weighted by Crippen LogP contribution is -2.41. The van der Waals surface area contributed by atoms with Gasteiger partial charge in [0, 0.05) is 12.6 Å². The van der Waals surface area contributed by atoms with Gasteiger partial charge in [0.15, 0.2) is 0 Å². The molecule has 2 atom stereocenters. The van der Waals surface area contributed by atoms with Gasteiger partial charge in [-0.3, -0.25) is 10.1 Å². The van der Waals surface area contributed by atoms with Crippen LogP contribution in [0.1, 0.15) is 18.2 Å². The zero-order valence-electron chi connectivity index (χ0n) is 11.0. The number of benzene rings is 1. The largest absolute Gasteiger partial charge is 0.317 e. The molecule has 1 aromatic carbocycles. The molecule has 2 aliphatic heterocycles. The Balaban J connectivity index is 1.84. The third-order valence-electron chi connectivity index (χ3n) is 3.96. The van der Waals surface area contributed by atoms with Crippen LogP contribution in [-0.2, 0) is 4.79 Å². The molecule has 2 heterocycles. The van der Waals surface area contributed by atoms with Crippen molar-refractivity contribution in [2.45, 2.75) is 18.6 Å². The van der Waals surface area contributed by atoms with Crippen molar-refractivity contribution in [2.24, 2.45) is 0 Å².